The third-order valence-electron chi connectivity index (χ3n) is 1.68. The summed E-state index contributed by atoms with van der Waals surface area (Å²) < 4.78 is 4.27. The number of carbonyl (C=O) groups is 2. The molecule has 0 saturated heterocycles. The lowest BCUT2D eigenvalue weighted by Crippen LogP contribution is -2.18. The zero-order valence-corrected chi connectivity index (χ0v) is 8.16. The molecule has 0 radical (unpaired) electrons. The molecule has 0 atom stereocenters. The second-order valence-corrected chi connectivity index (χ2v) is 2.96. The molecule has 0 aliphatic rings. The number of hydrogen-bond acceptors (Lipinski definition) is 6. The van der Waals surface area contributed by atoms with E-state index in [-0.39, 0.29) is 11.3 Å². The number of esters is 2. The maximum atomic E-state index is 11.3. The first-order valence-electron chi connectivity index (χ1n) is 4.40. The first-order chi connectivity index (χ1) is 7.50. The summed E-state index contributed by atoms with van der Waals surface area (Å²) in [5, 5.41) is 26.2. The van der Waals surface area contributed by atoms with Gasteiger partial charge in [0.1, 0.15) is 11.3 Å². The van der Waals surface area contributed by atoms with Crippen molar-refractivity contribution in [2.45, 2.75) is 12.7 Å². The Balaban J connectivity index is 2.66. The summed E-state index contributed by atoms with van der Waals surface area (Å²) in [4.78, 5) is 22.2. The fourth-order valence-corrected chi connectivity index (χ4v) is 0.995. The second kappa shape index (κ2) is 5.24. The molecule has 0 aromatic heterocycles. The van der Waals surface area contributed by atoms with Crippen molar-refractivity contribution in [3.63, 3.8) is 0 Å². The predicted molar refractivity (Wildman–Crippen MR) is 51.4 cm³/mol. The van der Waals surface area contributed by atoms with E-state index in [1.807, 2.05) is 0 Å². The van der Waals surface area contributed by atoms with Gasteiger partial charge >= 0.3 is 11.9 Å². The third-order valence-corrected chi connectivity index (χ3v) is 1.68. The van der Waals surface area contributed by atoms with Gasteiger partial charge in [-0.3, -0.25) is 4.79 Å². The third kappa shape index (κ3) is 3.34. The minimum atomic E-state index is -1.87. The van der Waals surface area contributed by atoms with Crippen LogP contribution in [0.1, 0.15) is 16.8 Å². The Morgan fingerprint density at radius 3 is 2.44 bits per heavy atom. The van der Waals surface area contributed by atoms with Crippen molar-refractivity contribution in [3.8, 4) is 5.75 Å². The first kappa shape index (κ1) is 12.2. The molecule has 0 aliphatic carbocycles. The fourth-order valence-electron chi connectivity index (χ4n) is 0.995. The minimum Gasteiger partial charge on any atom is -0.507 e. The molecule has 3 N–H and O–H groups in total. The van der Waals surface area contributed by atoms with E-state index < -0.39 is 24.6 Å². The maximum absolute atomic E-state index is 11.3. The van der Waals surface area contributed by atoms with Gasteiger partial charge in [0.15, 0.2) is 6.29 Å². The average molecular weight is 226 g/mol. The molecule has 0 fully saturated rings. The van der Waals surface area contributed by atoms with E-state index in [1.165, 1.54) is 24.3 Å². The van der Waals surface area contributed by atoms with Crippen LogP contribution in [0.3, 0.4) is 0 Å². The van der Waals surface area contributed by atoms with Crippen LogP contribution in [0, 0.1) is 0 Å². The quantitative estimate of drug-likeness (QED) is 0.374. The molecule has 1 aromatic rings. The standard InChI is InChI=1S/C10H10O6/c11-7-4-2-1-3-6(7)10(15)16-9(14)5-8(12)13/h1-4,8,11-13H,5H2. The van der Waals surface area contributed by atoms with E-state index in [9.17, 15) is 14.7 Å². The molecule has 6 heteroatoms. The van der Waals surface area contributed by atoms with Gasteiger partial charge in [0, 0.05) is 0 Å². The average Bonchev–Trinajstić information content (AvgIpc) is 2.16. The van der Waals surface area contributed by atoms with Gasteiger partial charge in [0.05, 0.1) is 6.42 Å². The Morgan fingerprint density at radius 1 is 1.25 bits per heavy atom. The van der Waals surface area contributed by atoms with Gasteiger partial charge in [-0.1, -0.05) is 12.1 Å². The lowest BCUT2D eigenvalue weighted by molar-refractivity contribution is -0.146. The van der Waals surface area contributed by atoms with E-state index in [2.05, 4.69) is 4.74 Å². The number of aliphatic hydroxyl groups excluding tert-OH is 1. The molecule has 16 heavy (non-hydrogen) atoms. The number of rotatable bonds is 3. The maximum Gasteiger partial charge on any atom is 0.349 e. The van der Waals surface area contributed by atoms with Crippen LogP contribution in [0.15, 0.2) is 24.3 Å². The van der Waals surface area contributed by atoms with Crippen molar-refractivity contribution in [3.05, 3.63) is 29.8 Å². The SMILES string of the molecule is O=C(CC(O)O)OC(=O)c1ccccc1O. The number of aliphatic hydroxyl groups is 2. The summed E-state index contributed by atoms with van der Waals surface area (Å²) in [7, 11) is 0. The van der Waals surface area contributed by atoms with Gasteiger partial charge in [-0.2, -0.15) is 0 Å². The van der Waals surface area contributed by atoms with Gasteiger partial charge in [0.25, 0.3) is 0 Å². The highest BCUT2D eigenvalue weighted by atomic mass is 16.6. The molecule has 1 rings (SSSR count). The van der Waals surface area contributed by atoms with Crippen molar-refractivity contribution >= 4 is 11.9 Å². The zero-order chi connectivity index (χ0) is 12.1. The Hall–Kier alpha value is -1.92. The van der Waals surface area contributed by atoms with Crippen LogP contribution in [0.5, 0.6) is 5.75 Å². The molecule has 6 nitrogen and oxygen atoms in total. The van der Waals surface area contributed by atoms with E-state index >= 15 is 0 Å². The van der Waals surface area contributed by atoms with Gasteiger partial charge in [0.2, 0.25) is 0 Å². The van der Waals surface area contributed by atoms with E-state index in [0.29, 0.717) is 0 Å². The van der Waals surface area contributed by atoms with Crippen LogP contribution in [0.2, 0.25) is 0 Å². The predicted octanol–water partition coefficient (Wildman–Crippen LogP) is -0.224. The van der Waals surface area contributed by atoms with Crippen LogP contribution >= 0.6 is 0 Å². The molecular formula is C10H10O6. The first-order valence-corrected chi connectivity index (χ1v) is 4.40. The number of ether oxygens (including phenoxy) is 1. The summed E-state index contributed by atoms with van der Waals surface area (Å²) in [5.74, 6) is -2.43. The summed E-state index contributed by atoms with van der Waals surface area (Å²) in [5.41, 5.74) is -0.164. The Labute approximate surface area is 90.7 Å². The van der Waals surface area contributed by atoms with Crippen molar-refractivity contribution < 1.29 is 29.6 Å². The highest BCUT2D eigenvalue weighted by Crippen LogP contribution is 2.16. The number of para-hydroxylation sites is 1. The van der Waals surface area contributed by atoms with Crippen molar-refractivity contribution in [2.24, 2.45) is 0 Å². The zero-order valence-electron chi connectivity index (χ0n) is 8.16. The van der Waals surface area contributed by atoms with Crippen LogP contribution < -0.4 is 0 Å². The van der Waals surface area contributed by atoms with Crippen LogP contribution in [0.4, 0.5) is 0 Å². The van der Waals surface area contributed by atoms with Crippen molar-refractivity contribution in [1.82, 2.24) is 0 Å². The number of benzene rings is 1. The molecule has 86 valence electrons. The Bertz CT molecular complexity index is 398. The second-order valence-electron chi connectivity index (χ2n) is 2.96. The van der Waals surface area contributed by atoms with Crippen LogP contribution in [0.25, 0.3) is 0 Å². The van der Waals surface area contributed by atoms with Crippen molar-refractivity contribution in [2.75, 3.05) is 0 Å². The topological polar surface area (TPSA) is 104 Å². The lowest BCUT2D eigenvalue weighted by atomic mass is 10.2. The summed E-state index contributed by atoms with van der Waals surface area (Å²) in [6.45, 7) is 0. The van der Waals surface area contributed by atoms with Gasteiger partial charge in [-0.25, -0.2) is 4.79 Å². The molecule has 0 heterocycles. The number of phenolic OH excluding ortho intramolecular Hbond substituents is 1. The molecule has 0 spiro atoms. The monoisotopic (exact) mass is 226 g/mol. The molecular weight excluding hydrogens is 216 g/mol. The number of hydrogen-bond donors (Lipinski definition) is 3. The molecule has 0 amide bonds. The Morgan fingerprint density at radius 2 is 1.88 bits per heavy atom. The number of aromatic hydroxyl groups is 1. The van der Waals surface area contributed by atoms with E-state index in [1.54, 1.807) is 0 Å². The lowest BCUT2D eigenvalue weighted by Gasteiger charge is -2.05. The molecule has 0 aliphatic heterocycles. The fraction of sp³-hybridized carbons (Fsp3) is 0.200. The molecule has 0 unspecified atom stereocenters. The Kier molecular flexibility index (Phi) is 3.98. The normalized spacial score (nSPS) is 10.2. The van der Waals surface area contributed by atoms with E-state index in [4.69, 9.17) is 10.2 Å². The highest BCUT2D eigenvalue weighted by molar-refractivity contribution is 5.98. The minimum absolute atomic E-state index is 0.164. The largest absolute Gasteiger partial charge is 0.507 e. The van der Waals surface area contributed by atoms with Gasteiger partial charge in [-0.15, -0.1) is 0 Å². The van der Waals surface area contributed by atoms with Gasteiger partial charge in [-0.05, 0) is 12.1 Å². The molecule has 0 saturated carbocycles. The summed E-state index contributed by atoms with van der Waals surface area (Å²) in [6, 6.07) is 5.54. The van der Waals surface area contributed by atoms with Gasteiger partial charge < -0.3 is 20.1 Å². The smallest absolute Gasteiger partial charge is 0.349 e. The summed E-state index contributed by atoms with van der Waals surface area (Å²) in [6.07, 6.45) is -2.58. The molecule has 0 bridgehead atoms. The van der Waals surface area contributed by atoms with Crippen molar-refractivity contribution in [1.29, 1.82) is 0 Å². The summed E-state index contributed by atoms with van der Waals surface area (Å²) >= 11 is 0. The number of phenols is 1. The number of carbonyl (C=O) groups excluding carboxylic acids is 2. The van der Waals surface area contributed by atoms with E-state index in [0.717, 1.165) is 0 Å². The molecule has 1 aromatic carbocycles. The van der Waals surface area contributed by atoms with Crippen LogP contribution in [-0.2, 0) is 9.53 Å². The highest BCUT2D eigenvalue weighted by Gasteiger charge is 2.17. The van der Waals surface area contributed by atoms with Crippen LogP contribution in [-0.4, -0.2) is 33.5 Å².